The first kappa shape index (κ1) is 21.1. The van der Waals surface area contributed by atoms with Crippen molar-refractivity contribution in [2.45, 2.75) is 13.1 Å². The van der Waals surface area contributed by atoms with Crippen LogP contribution in [0.4, 0.5) is 4.79 Å². The Balaban J connectivity index is 1.85. The topological polar surface area (TPSA) is 74.8 Å². The van der Waals surface area contributed by atoms with Crippen molar-refractivity contribution in [3.05, 3.63) is 95.6 Å². The minimum atomic E-state index is -0.729. The fourth-order valence-electron chi connectivity index (χ4n) is 3.62. The van der Waals surface area contributed by atoms with Crippen molar-refractivity contribution < 1.29 is 19.1 Å². The Bertz CT molecular complexity index is 1320. The Morgan fingerprint density at radius 1 is 0.812 bits per heavy atom. The molecule has 0 spiro atoms. The van der Waals surface area contributed by atoms with Crippen LogP contribution in [-0.4, -0.2) is 35.2 Å². The van der Waals surface area contributed by atoms with Gasteiger partial charge in [0.2, 0.25) is 5.62 Å². The number of rotatable bonds is 6. The summed E-state index contributed by atoms with van der Waals surface area (Å²) < 4.78 is 13.6. The lowest BCUT2D eigenvalue weighted by Gasteiger charge is -2.07. The van der Waals surface area contributed by atoms with Gasteiger partial charge in [0.05, 0.1) is 38.3 Å². The third kappa shape index (κ3) is 4.32. The van der Waals surface area contributed by atoms with Crippen LogP contribution >= 0.6 is 0 Å². The molecule has 162 valence electrons. The van der Waals surface area contributed by atoms with E-state index >= 15 is 0 Å². The highest BCUT2D eigenvalue weighted by Crippen LogP contribution is 2.17. The highest BCUT2D eigenvalue weighted by molar-refractivity contribution is 5.96. The average molecular weight is 429 g/mol. The Labute approximate surface area is 185 Å². The molecule has 0 saturated carbocycles. The SMILES string of the molecule is COC(=O)/N=c1\n(CC(=O)c2ccc(OC)cc2)c2ccccc2n1Cc1ccccc1. The largest absolute Gasteiger partial charge is 0.497 e. The van der Waals surface area contributed by atoms with Gasteiger partial charge in [-0.1, -0.05) is 42.5 Å². The molecule has 4 aromatic rings. The summed E-state index contributed by atoms with van der Waals surface area (Å²) in [5, 5.41) is 0. The molecule has 3 aromatic carbocycles. The zero-order chi connectivity index (χ0) is 22.5. The van der Waals surface area contributed by atoms with E-state index < -0.39 is 6.09 Å². The van der Waals surface area contributed by atoms with Gasteiger partial charge >= 0.3 is 6.09 Å². The van der Waals surface area contributed by atoms with Crippen LogP contribution in [0.2, 0.25) is 0 Å². The molecule has 0 aliphatic carbocycles. The number of fused-ring (bicyclic) bond motifs is 1. The summed E-state index contributed by atoms with van der Waals surface area (Å²) in [5.41, 5.74) is 3.60. The number of aromatic nitrogens is 2. The molecule has 1 amide bonds. The number of para-hydroxylation sites is 2. The molecule has 0 aliphatic heterocycles. The van der Waals surface area contributed by atoms with E-state index in [0.29, 0.717) is 23.5 Å². The van der Waals surface area contributed by atoms with Crippen molar-refractivity contribution in [2.24, 2.45) is 4.99 Å². The first-order valence-electron chi connectivity index (χ1n) is 10.1. The molecule has 0 fully saturated rings. The molecular weight excluding hydrogens is 406 g/mol. The van der Waals surface area contributed by atoms with Crippen LogP contribution in [0.1, 0.15) is 15.9 Å². The van der Waals surface area contributed by atoms with E-state index in [-0.39, 0.29) is 12.3 Å². The minimum Gasteiger partial charge on any atom is -0.497 e. The molecular formula is C25H23N3O4. The number of amides is 1. The number of methoxy groups -OCH3 is 2. The summed E-state index contributed by atoms with van der Waals surface area (Å²) in [5.74, 6) is 0.566. The molecule has 0 N–H and O–H groups in total. The van der Waals surface area contributed by atoms with Crippen molar-refractivity contribution in [1.29, 1.82) is 0 Å². The lowest BCUT2D eigenvalue weighted by molar-refractivity contribution is 0.0971. The van der Waals surface area contributed by atoms with E-state index in [9.17, 15) is 9.59 Å². The first-order chi connectivity index (χ1) is 15.6. The van der Waals surface area contributed by atoms with Gasteiger partial charge in [0, 0.05) is 5.56 Å². The van der Waals surface area contributed by atoms with Gasteiger partial charge in [-0.05, 0) is 42.0 Å². The normalized spacial score (nSPS) is 11.5. The predicted octanol–water partition coefficient (Wildman–Crippen LogP) is 4.05. The zero-order valence-corrected chi connectivity index (χ0v) is 17.9. The smallest absolute Gasteiger partial charge is 0.436 e. The highest BCUT2D eigenvalue weighted by Gasteiger charge is 2.17. The van der Waals surface area contributed by atoms with Crippen LogP contribution < -0.4 is 10.4 Å². The number of Topliss-reactive ketones (excluding diaryl/α,β-unsaturated/α-hetero) is 1. The number of carbonyl (C=O) groups excluding carboxylic acids is 2. The fourth-order valence-corrected chi connectivity index (χ4v) is 3.62. The number of hydrogen-bond acceptors (Lipinski definition) is 4. The average Bonchev–Trinajstić information content (AvgIpc) is 3.11. The number of hydrogen-bond donors (Lipinski definition) is 0. The van der Waals surface area contributed by atoms with Crippen LogP contribution in [0.15, 0.2) is 83.9 Å². The Morgan fingerprint density at radius 2 is 1.44 bits per heavy atom. The third-order valence-electron chi connectivity index (χ3n) is 5.21. The second kappa shape index (κ2) is 9.34. The zero-order valence-electron chi connectivity index (χ0n) is 17.9. The van der Waals surface area contributed by atoms with Crippen LogP contribution in [0, 0.1) is 0 Å². The quantitative estimate of drug-likeness (QED) is 0.434. The molecule has 7 nitrogen and oxygen atoms in total. The first-order valence-corrected chi connectivity index (χ1v) is 10.1. The van der Waals surface area contributed by atoms with E-state index in [4.69, 9.17) is 9.47 Å². The number of imidazole rings is 1. The third-order valence-corrected chi connectivity index (χ3v) is 5.21. The number of ketones is 1. The fraction of sp³-hybridized carbons (Fsp3) is 0.160. The van der Waals surface area contributed by atoms with E-state index in [0.717, 1.165) is 16.6 Å². The van der Waals surface area contributed by atoms with Crippen molar-refractivity contribution >= 4 is 22.9 Å². The maximum Gasteiger partial charge on any atom is 0.436 e. The van der Waals surface area contributed by atoms with Gasteiger partial charge in [-0.15, -0.1) is 4.99 Å². The van der Waals surface area contributed by atoms with Crippen LogP contribution in [0.3, 0.4) is 0 Å². The van der Waals surface area contributed by atoms with Crippen molar-refractivity contribution in [2.75, 3.05) is 14.2 Å². The highest BCUT2D eigenvalue weighted by atomic mass is 16.5. The van der Waals surface area contributed by atoms with Gasteiger partial charge in [0.15, 0.2) is 5.78 Å². The standard InChI is InChI=1S/C25H23N3O4/c1-31-20-14-12-19(13-15-20)23(29)17-28-22-11-7-6-10-21(22)27(24(28)26-25(30)32-2)16-18-8-4-3-5-9-18/h3-15H,16-17H2,1-2H3/b26-24-. The van der Waals surface area contributed by atoms with Crippen molar-refractivity contribution in [3.63, 3.8) is 0 Å². The molecule has 0 radical (unpaired) electrons. The van der Waals surface area contributed by atoms with E-state index in [2.05, 4.69) is 4.99 Å². The molecule has 4 rings (SSSR count). The van der Waals surface area contributed by atoms with Gasteiger partial charge in [0.25, 0.3) is 0 Å². The van der Waals surface area contributed by atoms with Crippen molar-refractivity contribution in [3.8, 4) is 5.75 Å². The maximum atomic E-state index is 13.1. The van der Waals surface area contributed by atoms with E-state index in [1.807, 2.05) is 59.2 Å². The monoisotopic (exact) mass is 429 g/mol. The summed E-state index contributed by atoms with van der Waals surface area (Å²) in [4.78, 5) is 29.4. The number of carbonyl (C=O) groups is 2. The molecule has 0 bridgehead atoms. The molecule has 1 aromatic heterocycles. The summed E-state index contributed by atoms with van der Waals surface area (Å²) >= 11 is 0. The van der Waals surface area contributed by atoms with Crippen LogP contribution in [0.5, 0.6) is 5.75 Å². The number of nitrogens with zero attached hydrogens (tertiary/aromatic N) is 3. The number of benzene rings is 3. The Hall–Kier alpha value is -4.13. The second-order valence-corrected chi connectivity index (χ2v) is 7.18. The minimum absolute atomic E-state index is 0.0183. The van der Waals surface area contributed by atoms with Crippen LogP contribution in [-0.2, 0) is 17.8 Å². The molecule has 7 heteroatoms. The van der Waals surface area contributed by atoms with Gasteiger partial charge in [-0.3, -0.25) is 4.79 Å². The summed E-state index contributed by atoms with van der Waals surface area (Å²) in [6.45, 7) is 0.505. The Morgan fingerprint density at radius 3 is 2.06 bits per heavy atom. The Kier molecular flexibility index (Phi) is 6.17. The molecule has 0 aliphatic rings. The second-order valence-electron chi connectivity index (χ2n) is 7.18. The lowest BCUT2D eigenvalue weighted by Crippen LogP contribution is -2.30. The molecule has 1 heterocycles. The van der Waals surface area contributed by atoms with Gasteiger partial charge in [-0.2, -0.15) is 0 Å². The molecule has 0 unspecified atom stereocenters. The molecule has 32 heavy (non-hydrogen) atoms. The van der Waals surface area contributed by atoms with E-state index in [1.54, 1.807) is 35.9 Å². The van der Waals surface area contributed by atoms with E-state index in [1.165, 1.54) is 7.11 Å². The van der Waals surface area contributed by atoms with Gasteiger partial charge < -0.3 is 18.6 Å². The molecule has 0 saturated heterocycles. The van der Waals surface area contributed by atoms with Crippen LogP contribution in [0.25, 0.3) is 11.0 Å². The summed E-state index contributed by atoms with van der Waals surface area (Å²) in [6.07, 6.45) is -0.729. The summed E-state index contributed by atoms with van der Waals surface area (Å²) in [6, 6.07) is 24.5. The predicted molar refractivity (Wildman–Crippen MR) is 121 cm³/mol. The van der Waals surface area contributed by atoms with Gasteiger partial charge in [-0.25, -0.2) is 4.79 Å². The molecule has 0 atom stereocenters. The number of ether oxygens (including phenoxy) is 2. The van der Waals surface area contributed by atoms with Crippen molar-refractivity contribution in [1.82, 2.24) is 9.13 Å². The summed E-state index contributed by atoms with van der Waals surface area (Å²) in [7, 11) is 2.86. The maximum absolute atomic E-state index is 13.1. The van der Waals surface area contributed by atoms with Gasteiger partial charge in [0.1, 0.15) is 5.75 Å². The lowest BCUT2D eigenvalue weighted by atomic mass is 10.1.